The molecule has 1 aliphatic rings. The number of benzene rings is 1. The van der Waals surface area contributed by atoms with Gasteiger partial charge in [0.2, 0.25) is 0 Å². The Morgan fingerprint density at radius 3 is 2.52 bits per heavy atom. The minimum atomic E-state index is -5.94. The number of ether oxygens (including phenoxy) is 1. The molecule has 10 heteroatoms. The molecule has 0 aliphatic heterocycles. The van der Waals surface area contributed by atoms with Gasteiger partial charge in [0.1, 0.15) is 5.82 Å². The molecule has 1 aromatic carbocycles. The molecule has 0 spiro atoms. The molecule has 27 heavy (non-hydrogen) atoms. The molecular formula is C17H16F4O5S. The largest absolute Gasteiger partial charge is 0.523 e. The smallest absolute Gasteiger partial charge is 0.469 e. The van der Waals surface area contributed by atoms with Gasteiger partial charge in [-0.15, -0.1) is 0 Å². The first-order chi connectivity index (χ1) is 12.4. The first kappa shape index (κ1) is 21.2. The number of hydrogen-bond acceptors (Lipinski definition) is 5. The monoisotopic (exact) mass is 408 g/mol. The molecule has 2 atom stereocenters. The molecule has 0 saturated heterocycles. The van der Waals surface area contributed by atoms with Crippen LogP contribution in [-0.4, -0.2) is 32.6 Å². The molecule has 148 valence electrons. The van der Waals surface area contributed by atoms with Gasteiger partial charge in [0.05, 0.1) is 13.0 Å². The molecular weight excluding hydrogens is 392 g/mol. The topological polar surface area (TPSA) is 69.7 Å². The number of halogens is 4. The highest BCUT2D eigenvalue weighted by atomic mass is 32.2. The quantitative estimate of drug-likeness (QED) is 0.228. The van der Waals surface area contributed by atoms with Gasteiger partial charge >= 0.3 is 21.6 Å². The van der Waals surface area contributed by atoms with Crippen molar-refractivity contribution in [1.29, 1.82) is 0 Å². The number of carbonyl (C=O) groups is 1. The molecule has 1 aromatic rings. The van der Waals surface area contributed by atoms with E-state index < -0.39 is 51.8 Å². The molecule has 0 bridgehead atoms. The fraction of sp³-hybridized carbons (Fsp3) is 0.471. The SMILES string of the molecule is COC(=O)CCC1(OS(=O)(=O)C(F)(F)F)C#CC1Cc1cccc(F)c1C. The molecule has 0 aromatic heterocycles. The molecule has 0 radical (unpaired) electrons. The maximum atomic E-state index is 13.7. The average Bonchev–Trinajstić information content (AvgIpc) is 2.57. The van der Waals surface area contributed by atoms with Crippen LogP contribution in [0.5, 0.6) is 0 Å². The summed E-state index contributed by atoms with van der Waals surface area (Å²) in [5, 5.41) is 0. The van der Waals surface area contributed by atoms with Crippen molar-refractivity contribution in [3.05, 3.63) is 35.1 Å². The molecule has 2 unspecified atom stereocenters. The summed E-state index contributed by atoms with van der Waals surface area (Å²) in [6.45, 7) is 1.49. The molecule has 0 heterocycles. The number of hydrogen-bond donors (Lipinski definition) is 0. The van der Waals surface area contributed by atoms with Gasteiger partial charge in [0.15, 0.2) is 5.60 Å². The zero-order chi connectivity index (χ0) is 20.5. The lowest BCUT2D eigenvalue weighted by Crippen LogP contribution is -2.49. The van der Waals surface area contributed by atoms with Crippen LogP contribution in [0.3, 0.4) is 0 Å². The summed E-state index contributed by atoms with van der Waals surface area (Å²) in [7, 11) is -4.86. The van der Waals surface area contributed by atoms with Crippen LogP contribution in [0.15, 0.2) is 18.2 Å². The summed E-state index contributed by atoms with van der Waals surface area (Å²) in [6, 6.07) is 4.20. The number of rotatable bonds is 7. The molecule has 5 nitrogen and oxygen atoms in total. The van der Waals surface area contributed by atoms with Crippen LogP contribution in [0.1, 0.15) is 24.0 Å². The molecule has 0 fully saturated rings. The number of alkyl halides is 3. The molecule has 0 N–H and O–H groups in total. The Balaban J connectivity index is 2.32. The van der Waals surface area contributed by atoms with Gasteiger partial charge in [-0.1, -0.05) is 24.0 Å². The van der Waals surface area contributed by atoms with Gasteiger partial charge in [0, 0.05) is 12.8 Å². The third-order valence-corrected chi connectivity index (χ3v) is 5.38. The summed E-state index contributed by atoms with van der Waals surface area (Å²) in [4.78, 5) is 11.4. The van der Waals surface area contributed by atoms with E-state index in [1.807, 2.05) is 0 Å². The van der Waals surface area contributed by atoms with Crippen LogP contribution < -0.4 is 0 Å². The highest BCUT2D eigenvalue weighted by molar-refractivity contribution is 7.87. The van der Waals surface area contributed by atoms with Crippen molar-refractivity contribution in [2.45, 2.75) is 37.3 Å². The van der Waals surface area contributed by atoms with Crippen molar-refractivity contribution in [1.82, 2.24) is 0 Å². The lowest BCUT2D eigenvalue weighted by atomic mass is 9.74. The van der Waals surface area contributed by atoms with Gasteiger partial charge < -0.3 is 4.74 Å². The Bertz CT molecular complexity index is 898. The Hall–Kier alpha value is -2.12. The summed E-state index contributed by atoms with van der Waals surface area (Å²) >= 11 is 0. The van der Waals surface area contributed by atoms with Crippen molar-refractivity contribution >= 4 is 16.1 Å². The van der Waals surface area contributed by atoms with Crippen LogP contribution >= 0.6 is 0 Å². The second-order valence-electron chi connectivity index (χ2n) is 6.00. The fourth-order valence-electron chi connectivity index (χ4n) is 2.63. The Kier molecular flexibility index (Phi) is 5.87. The molecule has 1 aliphatic carbocycles. The first-order valence-corrected chi connectivity index (χ1v) is 9.18. The third kappa shape index (κ3) is 4.42. The predicted molar refractivity (Wildman–Crippen MR) is 86.1 cm³/mol. The highest BCUT2D eigenvalue weighted by Crippen LogP contribution is 2.40. The van der Waals surface area contributed by atoms with Gasteiger partial charge in [0.25, 0.3) is 0 Å². The Morgan fingerprint density at radius 2 is 2.00 bits per heavy atom. The van der Waals surface area contributed by atoms with Gasteiger partial charge in [-0.05, 0) is 30.5 Å². The molecule has 0 amide bonds. The summed E-state index contributed by atoms with van der Waals surface area (Å²) in [6.07, 6.45) is -0.844. The third-order valence-electron chi connectivity index (χ3n) is 4.29. The second kappa shape index (κ2) is 7.48. The van der Waals surface area contributed by atoms with Crippen LogP contribution in [0.2, 0.25) is 0 Å². The van der Waals surface area contributed by atoms with E-state index in [4.69, 9.17) is 0 Å². The zero-order valence-electron chi connectivity index (χ0n) is 14.4. The standard InChI is InChI=1S/C17H16F4O5S/c1-11-12(4-3-5-14(11)18)10-13-6-8-16(13,9-7-15(22)25-2)26-27(23,24)17(19,20)21/h3-5,13H,7,9-10H2,1-2H3. The predicted octanol–water partition coefficient (Wildman–Crippen LogP) is 2.87. The van der Waals surface area contributed by atoms with E-state index in [-0.39, 0.29) is 12.0 Å². The summed E-state index contributed by atoms with van der Waals surface area (Å²) < 4.78 is 83.9. The lowest BCUT2D eigenvalue weighted by Gasteiger charge is -2.38. The van der Waals surface area contributed by atoms with Crippen LogP contribution in [0.25, 0.3) is 0 Å². The van der Waals surface area contributed by atoms with Crippen molar-refractivity contribution in [3.8, 4) is 11.8 Å². The normalized spacial score (nSPS) is 21.8. The number of esters is 1. The maximum absolute atomic E-state index is 13.7. The number of methoxy groups -OCH3 is 1. The van der Waals surface area contributed by atoms with E-state index in [0.29, 0.717) is 5.56 Å². The highest BCUT2D eigenvalue weighted by Gasteiger charge is 2.55. The first-order valence-electron chi connectivity index (χ1n) is 7.77. The van der Waals surface area contributed by atoms with Crippen molar-refractivity contribution in [3.63, 3.8) is 0 Å². The van der Waals surface area contributed by atoms with Crippen molar-refractivity contribution in [2.75, 3.05) is 7.11 Å². The van der Waals surface area contributed by atoms with Gasteiger partial charge in [-0.2, -0.15) is 21.6 Å². The van der Waals surface area contributed by atoms with Gasteiger partial charge in [-0.3, -0.25) is 4.79 Å². The van der Waals surface area contributed by atoms with E-state index in [0.717, 1.165) is 7.11 Å². The number of carbonyl (C=O) groups excluding carboxylic acids is 1. The van der Waals surface area contributed by atoms with E-state index in [9.17, 15) is 30.8 Å². The van der Waals surface area contributed by atoms with Crippen molar-refractivity contribution < 1.29 is 39.7 Å². The molecule has 2 rings (SSSR count). The Labute approximate surface area is 153 Å². The van der Waals surface area contributed by atoms with Crippen LogP contribution in [0, 0.1) is 30.5 Å². The van der Waals surface area contributed by atoms with E-state index in [1.165, 1.54) is 19.1 Å². The van der Waals surface area contributed by atoms with E-state index in [2.05, 4.69) is 20.8 Å². The fourth-order valence-corrected chi connectivity index (χ4v) is 3.36. The summed E-state index contributed by atoms with van der Waals surface area (Å²) in [5.74, 6) is 2.65. The Morgan fingerprint density at radius 1 is 1.33 bits per heavy atom. The summed E-state index contributed by atoms with van der Waals surface area (Å²) in [5.41, 5.74) is -6.96. The van der Waals surface area contributed by atoms with Crippen molar-refractivity contribution in [2.24, 2.45) is 5.92 Å². The minimum Gasteiger partial charge on any atom is -0.469 e. The van der Waals surface area contributed by atoms with Gasteiger partial charge in [-0.25, -0.2) is 8.57 Å². The van der Waals surface area contributed by atoms with Crippen LogP contribution in [0.4, 0.5) is 17.6 Å². The van der Waals surface area contributed by atoms with Crippen LogP contribution in [-0.2, 0) is 30.3 Å². The minimum absolute atomic E-state index is 0.0366. The van der Waals surface area contributed by atoms with E-state index >= 15 is 0 Å². The lowest BCUT2D eigenvalue weighted by molar-refractivity contribution is -0.141. The molecule has 0 saturated carbocycles. The zero-order valence-corrected chi connectivity index (χ0v) is 15.2. The van der Waals surface area contributed by atoms with E-state index in [1.54, 1.807) is 6.07 Å². The second-order valence-corrected chi connectivity index (χ2v) is 7.54. The average molecular weight is 408 g/mol. The maximum Gasteiger partial charge on any atom is 0.523 e.